The van der Waals surface area contributed by atoms with Crippen LogP contribution in [-0.4, -0.2) is 6.61 Å². The first kappa shape index (κ1) is 23.0. The van der Waals surface area contributed by atoms with E-state index in [0.29, 0.717) is 0 Å². The molecular weight excluding hydrogens is 334 g/mol. The molecule has 0 aromatic heterocycles. The minimum atomic E-state index is -1.20. The van der Waals surface area contributed by atoms with Gasteiger partial charge in [0.25, 0.3) is 0 Å². The SMILES string of the molecule is CCCCCCCCCCCCCCCCCCOP(Cl)Cl. The number of hydrogen-bond donors (Lipinski definition) is 0. The molecule has 134 valence electrons. The van der Waals surface area contributed by atoms with Crippen molar-refractivity contribution in [3.63, 3.8) is 0 Å². The van der Waals surface area contributed by atoms with Crippen molar-refractivity contribution in [1.82, 2.24) is 0 Å². The van der Waals surface area contributed by atoms with Gasteiger partial charge >= 0.3 is 0 Å². The third-order valence-corrected chi connectivity index (χ3v) is 5.15. The van der Waals surface area contributed by atoms with Gasteiger partial charge in [-0.05, 0) is 28.9 Å². The van der Waals surface area contributed by atoms with Crippen molar-refractivity contribution >= 4 is 29.3 Å². The van der Waals surface area contributed by atoms with Crippen LogP contribution >= 0.6 is 29.3 Å². The van der Waals surface area contributed by atoms with Gasteiger partial charge in [-0.15, -0.1) is 0 Å². The molecule has 1 nitrogen and oxygen atoms in total. The summed E-state index contributed by atoms with van der Waals surface area (Å²) in [5.41, 5.74) is 0. The molecule has 0 aliphatic carbocycles. The molecule has 0 unspecified atom stereocenters. The fraction of sp³-hybridized carbons (Fsp3) is 1.00. The summed E-state index contributed by atoms with van der Waals surface area (Å²) in [7, 11) is 0. The molecule has 0 fully saturated rings. The second-order valence-corrected chi connectivity index (χ2v) is 9.36. The lowest BCUT2D eigenvalue weighted by atomic mass is 10.0. The van der Waals surface area contributed by atoms with E-state index in [4.69, 9.17) is 27.0 Å². The zero-order valence-corrected chi connectivity index (χ0v) is 17.0. The first-order valence-electron chi connectivity index (χ1n) is 9.52. The monoisotopic (exact) mass is 370 g/mol. The lowest BCUT2D eigenvalue weighted by molar-refractivity contribution is 0.347. The van der Waals surface area contributed by atoms with Crippen molar-refractivity contribution in [2.75, 3.05) is 6.61 Å². The molecule has 4 heteroatoms. The Bertz CT molecular complexity index is 204. The summed E-state index contributed by atoms with van der Waals surface area (Å²) in [6, 6.07) is 0. The number of hydrogen-bond acceptors (Lipinski definition) is 1. The zero-order valence-electron chi connectivity index (χ0n) is 14.6. The molecule has 0 N–H and O–H groups in total. The molecule has 0 atom stereocenters. The van der Waals surface area contributed by atoms with Crippen LogP contribution in [0.3, 0.4) is 0 Å². The highest BCUT2D eigenvalue weighted by Gasteiger charge is 1.98. The summed E-state index contributed by atoms with van der Waals surface area (Å²) in [6.45, 7) is 1.80. The van der Waals surface area contributed by atoms with Gasteiger partial charge in [-0.3, -0.25) is 0 Å². The molecule has 0 aliphatic rings. The highest BCUT2D eigenvalue weighted by atomic mass is 35.9. The van der Waals surface area contributed by atoms with Crippen molar-refractivity contribution in [3.05, 3.63) is 0 Å². The van der Waals surface area contributed by atoms with E-state index in [9.17, 15) is 0 Å². The van der Waals surface area contributed by atoms with Crippen LogP contribution in [-0.2, 0) is 4.52 Å². The van der Waals surface area contributed by atoms with Crippen molar-refractivity contribution in [2.24, 2.45) is 0 Å². The predicted octanol–water partition coefficient (Wildman–Crippen LogP) is 8.97. The van der Waals surface area contributed by atoms with Gasteiger partial charge in [0.2, 0.25) is 6.85 Å². The summed E-state index contributed by atoms with van der Waals surface area (Å²) < 4.78 is 5.16. The summed E-state index contributed by atoms with van der Waals surface area (Å²) in [5, 5.41) is 0. The average Bonchev–Trinajstić information content (AvgIpc) is 2.50. The summed E-state index contributed by atoms with van der Waals surface area (Å²) >= 11 is 11.1. The first-order valence-corrected chi connectivity index (χ1v) is 12.6. The van der Waals surface area contributed by atoms with Crippen LogP contribution < -0.4 is 0 Å². The minimum Gasteiger partial charge on any atom is -0.332 e. The fourth-order valence-electron chi connectivity index (χ4n) is 2.78. The van der Waals surface area contributed by atoms with Gasteiger partial charge in [0, 0.05) is 0 Å². The average molecular weight is 371 g/mol. The Labute approximate surface area is 150 Å². The maximum atomic E-state index is 5.56. The van der Waals surface area contributed by atoms with Gasteiger partial charge in [0.1, 0.15) is 0 Å². The van der Waals surface area contributed by atoms with Gasteiger partial charge in [-0.2, -0.15) is 0 Å². The molecule has 0 saturated carbocycles. The summed E-state index contributed by atoms with van der Waals surface area (Å²) in [4.78, 5) is 0. The number of halogens is 2. The molecule has 0 bridgehead atoms. The lowest BCUT2D eigenvalue weighted by Crippen LogP contribution is -1.87. The largest absolute Gasteiger partial charge is 0.332 e. The molecule has 0 heterocycles. The smallest absolute Gasteiger partial charge is 0.225 e. The first-order chi connectivity index (χ1) is 10.8. The van der Waals surface area contributed by atoms with E-state index >= 15 is 0 Å². The minimum absolute atomic E-state index is 0.719. The molecule has 0 aliphatic heterocycles. The van der Waals surface area contributed by atoms with Crippen molar-refractivity contribution < 1.29 is 4.52 Å². The van der Waals surface area contributed by atoms with Crippen molar-refractivity contribution in [2.45, 2.75) is 110 Å². The normalized spacial score (nSPS) is 11.5. The topological polar surface area (TPSA) is 9.23 Å². The van der Waals surface area contributed by atoms with Gasteiger partial charge in [0.15, 0.2) is 0 Å². The molecule has 0 radical (unpaired) electrons. The Morgan fingerprint density at radius 2 is 0.864 bits per heavy atom. The van der Waals surface area contributed by atoms with Crippen LogP contribution in [0.15, 0.2) is 0 Å². The maximum absolute atomic E-state index is 5.56. The van der Waals surface area contributed by atoms with Crippen LogP contribution in [0.25, 0.3) is 0 Å². The molecule has 0 amide bonds. The van der Waals surface area contributed by atoms with E-state index in [1.54, 1.807) is 0 Å². The van der Waals surface area contributed by atoms with E-state index in [0.717, 1.165) is 13.0 Å². The Hall–Kier alpha value is 0.970. The van der Waals surface area contributed by atoms with E-state index in [1.807, 2.05) is 0 Å². The Kier molecular flexibility index (Phi) is 20.9. The number of rotatable bonds is 18. The summed E-state index contributed by atoms with van der Waals surface area (Å²) in [6.07, 6.45) is 22.2. The second-order valence-electron chi connectivity index (χ2n) is 6.34. The Balaban J connectivity index is 2.94. The van der Waals surface area contributed by atoms with E-state index < -0.39 is 6.85 Å². The standard InChI is InChI=1S/C18H37Cl2OP/c1-2-3-4-5-6-7-8-9-10-11-12-13-14-15-16-17-18-21-22(19)20/h2-18H2,1H3. The van der Waals surface area contributed by atoms with Crippen LogP contribution in [0, 0.1) is 0 Å². The molecule has 0 aromatic rings. The van der Waals surface area contributed by atoms with E-state index in [1.165, 1.54) is 96.3 Å². The fourth-order valence-corrected chi connectivity index (χ4v) is 3.46. The molecule has 0 aromatic carbocycles. The highest BCUT2D eigenvalue weighted by molar-refractivity contribution is 8.00. The van der Waals surface area contributed by atoms with Crippen LogP contribution in [0.1, 0.15) is 110 Å². The molecule has 0 spiro atoms. The molecule has 0 rings (SSSR count). The van der Waals surface area contributed by atoms with Gasteiger partial charge in [-0.25, -0.2) is 0 Å². The zero-order chi connectivity index (χ0) is 16.3. The van der Waals surface area contributed by atoms with Crippen molar-refractivity contribution in [1.29, 1.82) is 0 Å². The number of unbranched alkanes of at least 4 members (excludes halogenated alkanes) is 15. The van der Waals surface area contributed by atoms with Gasteiger partial charge in [-0.1, -0.05) is 103 Å². The third-order valence-electron chi connectivity index (χ3n) is 4.19. The molecular formula is C18H37Cl2OP. The molecule has 22 heavy (non-hydrogen) atoms. The Morgan fingerprint density at radius 1 is 0.545 bits per heavy atom. The van der Waals surface area contributed by atoms with Crippen LogP contribution in [0.2, 0.25) is 0 Å². The molecule has 0 saturated heterocycles. The maximum Gasteiger partial charge on any atom is 0.225 e. The van der Waals surface area contributed by atoms with Crippen molar-refractivity contribution in [3.8, 4) is 0 Å². The highest BCUT2D eigenvalue weighted by Crippen LogP contribution is 2.47. The van der Waals surface area contributed by atoms with Gasteiger partial charge < -0.3 is 4.52 Å². The summed E-state index contributed by atoms with van der Waals surface area (Å²) in [5.74, 6) is 0. The Morgan fingerprint density at radius 3 is 1.18 bits per heavy atom. The van der Waals surface area contributed by atoms with Crippen LogP contribution in [0.5, 0.6) is 0 Å². The van der Waals surface area contributed by atoms with E-state index in [-0.39, 0.29) is 0 Å². The second kappa shape index (κ2) is 20.0. The predicted molar refractivity (Wildman–Crippen MR) is 104 cm³/mol. The van der Waals surface area contributed by atoms with E-state index in [2.05, 4.69) is 6.92 Å². The van der Waals surface area contributed by atoms with Gasteiger partial charge in [0.05, 0.1) is 6.61 Å². The van der Waals surface area contributed by atoms with Crippen LogP contribution in [0.4, 0.5) is 0 Å². The quantitative estimate of drug-likeness (QED) is 0.172. The third kappa shape index (κ3) is 21.0. The lowest BCUT2D eigenvalue weighted by Gasteiger charge is -2.04.